The summed E-state index contributed by atoms with van der Waals surface area (Å²) < 4.78 is 0. The molecular weight excluding hydrogens is 118 g/mol. The number of aliphatic hydroxyl groups is 2. The van der Waals surface area contributed by atoms with Crippen LogP contribution in [0.25, 0.3) is 0 Å². The Balaban J connectivity index is 2.37. The van der Waals surface area contributed by atoms with Gasteiger partial charge in [0.1, 0.15) is 5.60 Å². The van der Waals surface area contributed by atoms with Crippen LogP contribution in [0.4, 0.5) is 0 Å². The van der Waals surface area contributed by atoms with Crippen molar-refractivity contribution in [3.63, 3.8) is 0 Å². The molecule has 3 heteroatoms. The molecule has 0 aliphatic carbocycles. The Labute approximate surface area is 54.7 Å². The van der Waals surface area contributed by atoms with E-state index in [1.54, 1.807) is 0 Å². The largest absolute Gasteiger partial charge is 0.393 e. The van der Waals surface area contributed by atoms with E-state index < -0.39 is 5.60 Å². The number of aliphatic hydroxyl groups excluding tert-OH is 1. The maximum atomic E-state index is 9.37. The summed E-state index contributed by atoms with van der Waals surface area (Å²) in [6.45, 7) is 1.37. The Morgan fingerprint density at radius 3 is 2.67 bits per heavy atom. The Hall–Kier alpha value is -0.120. The van der Waals surface area contributed by atoms with E-state index >= 15 is 0 Å². The molecule has 1 aliphatic rings. The summed E-state index contributed by atoms with van der Waals surface area (Å²) in [6, 6.07) is 0. The van der Waals surface area contributed by atoms with Crippen LogP contribution < -0.4 is 5.32 Å². The summed E-state index contributed by atoms with van der Waals surface area (Å²) in [5.74, 6) is 0. The fraction of sp³-hybridized carbons (Fsp3) is 1.00. The molecule has 0 spiro atoms. The fourth-order valence-corrected chi connectivity index (χ4v) is 1.09. The van der Waals surface area contributed by atoms with Crippen molar-refractivity contribution >= 4 is 0 Å². The highest BCUT2D eigenvalue weighted by Gasteiger charge is 2.27. The number of hydrogen-bond acceptors (Lipinski definition) is 3. The van der Waals surface area contributed by atoms with Crippen LogP contribution in [0.15, 0.2) is 0 Å². The summed E-state index contributed by atoms with van der Waals surface area (Å²) in [6.07, 6.45) is 1.67. The monoisotopic (exact) mass is 131 g/mol. The first kappa shape index (κ1) is 6.99. The van der Waals surface area contributed by atoms with Crippen molar-refractivity contribution in [1.82, 2.24) is 5.32 Å². The second-order valence-electron chi connectivity index (χ2n) is 2.66. The van der Waals surface area contributed by atoms with Crippen LogP contribution in [0.5, 0.6) is 0 Å². The number of nitrogens with one attached hydrogen (secondary N) is 1. The molecule has 0 unspecified atom stereocenters. The van der Waals surface area contributed by atoms with Crippen molar-refractivity contribution < 1.29 is 10.2 Å². The summed E-state index contributed by atoms with van der Waals surface area (Å²) in [4.78, 5) is 0. The average molecular weight is 131 g/mol. The normalized spacial score (nSPS) is 36.7. The number of piperidine rings is 1. The van der Waals surface area contributed by atoms with E-state index in [0.717, 1.165) is 19.4 Å². The molecule has 1 aliphatic heterocycles. The lowest BCUT2D eigenvalue weighted by atomic mass is 9.96. The van der Waals surface area contributed by atoms with E-state index in [4.69, 9.17) is 5.11 Å². The molecule has 3 nitrogen and oxygen atoms in total. The minimum absolute atomic E-state index is 0.125. The lowest BCUT2D eigenvalue weighted by Gasteiger charge is -2.30. The van der Waals surface area contributed by atoms with E-state index in [2.05, 4.69) is 5.32 Å². The maximum absolute atomic E-state index is 9.37. The molecule has 1 heterocycles. The first-order valence-corrected chi connectivity index (χ1v) is 3.31. The molecule has 1 atom stereocenters. The maximum Gasteiger partial charge on any atom is 0.100 e. The van der Waals surface area contributed by atoms with E-state index in [9.17, 15) is 5.11 Å². The highest BCUT2D eigenvalue weighted by Crippen LogP contribution is 2.13. The molecule has 0 aromatic carbocycles. The third-order valence-corrected chi connectivity index (χ3v) is 1.74. The second-order valence-corrected chi connectivity index (χ2v) is 2.66. The highest BCUT2D eigenvalue weighted by atomic mass is 16.3. The van der Waals surface area contributed by atoms with Crippen LogP contribution in [-0.4, -0.2) is 35.5 Å². The van der Waals surface area contributed by atoms with Gasteiger partial charge in [-0.05, 0) is 19.4 Å². The van der Waals surface area contributed by atoms with Gasteiger partial charge >= 0.3 is 0 Å². The second kappa shape index (κ2) is 2.64. The van der Waals surface area contributed by atoms with Gasteiger partial charge in [0.05, 0.1) is 6.61 Å². The molecule has 0 aromatic heterocycles. The van der Waals surface area contributed by atoms with Crippen LogP contribution >= 0.6 is 0 Å². The van der Waals surface area contributed by atoms with E-state index in [0.29, 0.717) is 6.54 Å². The zero-order valence-corrected chi connectivity index (χ0v) is 5.43. The molecule has 54 valence electrons. The van der Waals surface area contributed by atoms with Crippen LogP contribution in [0.3, 0.4) is 0 Å². The predicted molar refractivity (Wildman–Crippen MR) is 34.1 cm³/mol. The fourth-order valence-electron chi connectivity index (χ4n) is 1.09. The van der Waals surface area contributed by atoms with Gasteiger partial charge in [0.2, 0.25) is 0 Å². The minimum Gasteiger partial charge on any atom is -0.393 e. The highest BCUT2D eigenvalue weighted by molar-refractivity contribution is 4.83. The lowest BCUT2D eigenvalue weighted by molar-refractivity contribution is -0.0313. The van der Waals surface area contributed by atoms with Gasteiger partial charge in [-0.1, -0.05) is 0 Å². The standard InChI is InChI=1S/C6H13NO2/c8-5-6(9)2-1-3-7-4-6/h7-9H,1-5H2/t6-/m1/s1. The molecule has 9 heavy (non-hydrogen) atoms. The lowest BCUT2D eigenvalue weighted by Crippen LogP contribution is -2.48. The molecule has 3 N–H and O–H groups in total. The predicted octanol–water partition coefficient (Wildman–Crippen LogP) is -0.907. The van der Waals surface area contributed by atoms with Crippen molar-refractivity contribution in [2.75, 3.05) is 19.7 Å². The van der Waals surface area contributed by atoms with E-state index in [-0.39, 0.29) is 6.61 Å². The number of rotatable bonds is 1. The zero-order chi connectivity index (χ0) is 6.74. The van der Waals surface area contributed by atoms with Gasteiger partial charge in [0.25, 0.3) is 0 Å². The Bertz CT molecular complexity index is 89.1. The summed E-state index contributed by atoms with van der Waals surface area (Å²) >= 11 is 0. The summed E-state index contributed by atoms with van der Waals surface area (Å²) in [5.41, 5.74) is -0.835. The van der Waals surface area contributed by atoms with Crippen molar-refractivity contribution in [2.24, 2.45) is 0 Å². The van der Waals surface area contributed by atoms with Gasteiger partial charge in [-0.25, -0.2) is 0 Å². The molecule has 0 radical (unpaired) electrons. The molecule has 1 rings (SSSR count). The topological polar surface area (TPSA) is 52.5 Å². The number of hydrogen-bond donors (Lipinski definition) is 3. The Morgan fingerprint density at radius 1 is 1.56 bits per heavy atom. The molecule has 0 amide bonds. The van der Waals surface area contributed by atoms with Gasteiger partial charge in [0, 0.05) is 6.54 Å². The number of β-amino-alcohol motifs (C(OH)–C–C–N with tert-alkyl or cyclic N) is 1. The van der Waals surface area contributed by atoms with Crippen LogP contribution in [0.1, 0.15) is 12.8 Å². The van der Waals surface area contributed by atoms with Crippen LogP contribution in [-0.2, 0) is 0 Å². The summed E-state index contributed by atoms with van der Waals surface area (Å²) in [5, 5.41) is 21.0. The summed E-state index contributed by atoms with van der Waals surface area (Å²) in [7, 11) is 0. The zero-order valence-electron chi connectivity index (χ0n) is 5.43. The van der Waals surface area contributed by atoms with Crippen molar-refractivity contribution in [3.05, 3.63) is 0 Å². The van der Waals surface area contributed by atoms with Gasteiger partial charge in [-0.15, -0.1) is 0 Å². The van der Waals surface area contributed by atoms with Gasteiger partial charge in [-0.3, -0.25) is 0 Å². The Morgan fingerprint density at radius 2 is 2.33 bits per heavy atom. The van der Waals surface area contributed by atoms with Gasteiger partial charge in [-0.2, -0.15) is 0 Å². The third-order valence-electron chi connectivity index (χ3n) is 1.74. The van der Waals surface area contributed by atoms with Gasteiger partial charge in [0.15, 0.2) is 0 Å². The third kappa shape index (κ3) is 1.64. The molecule has 0 saturated carbocycles. The average Bonchev–Trinajstić information content (AvgIpc) is 1.90. The van der Waals surface area contributed by atoms with E-state index in [1.165, 1.54) is 0 Å². The van der Waals surface area contributed by atoms with Crippen LogP contribution in [0.2, 0.25) is 0 Å². The first-order valence-electron chi connectivity index (χ1n) is 3.31. The van der Waals surface area contributed by atoms with Gasteiger partial charge < -0.3 is 15.5 Å². The van der Waals surface area contributed by atoms with Crippen LogP contribution in [0, 0.1) is 0 Å². The van der Waals surface area contributed by atoms with E-state index in [1.807, 2.05) is 0 Å². The van der Waals surface area contributed by atoms with Crippen molar-refractivity contribution in [2.45, 2.75) is 18.4 Å². The minimum atomic E-state index is -0.835. The Kier molecular flexibility index (Phi) is 2.05. The first-order chi connectivity index (χ1) is 4.27. The molecule has 0 aromatic rings. The molecule has 1 saturated heterocycles. The quantitative estimate of drug-likeness (QED) is 0.432. The van der Waals surface area contributed by atoms with Crippen molar-refractivity contribution in [3.8, 4) is 0 Å². The molecule has 1 fully saturated rings. The van der Waals surface area contributed by atoms with Crippen molar-refractivity contribution in [1.29, 1.82) is 0 Å². The molecular formula is C6H13NO2. The SMILES string of the molecule is OC[C@@]1(O)CCCNC1. The smallest absolute Gasteiger partial charge is 0.100 e. The molecule has 0 bridgehead atoms.